The summed E-state index contributed by atoms with van der Waals surface area (Å²) in [5.41, 5.74) is 0. The van der Waals surface area contributed by atoms with Gasteiger partial charge in [-0.1, -0.05) is 6.92 Å². The maximum atomic E-state index is 3.49. The Hall–Kier alpha value is -0.120. The molecule has 1 fully saturated rings. The second-order valence-electron chi connectivity index (χ2n) is 5.97. The molecule has 0 aromatic rings. The lowest BCUT2D eigenvalue weighted by Gasteiger charge is -2.38. The maximum Gasteiger partial charge on any atom is 0.0113 e. The molecular formula is C15H33N3. The van der Waals surface area contributed by atoms with Crippen molar-refractivity contribution in [2.75, 3.05) is 40.3 Å². The molecule has 1 atom stereocenters. The first-order valence-electron chi connectivity index (χ1n) is 7.76. The number of nitrogens with one attached hydrogen (secondary N) is 1. The summed E-state index contributed by atoms with van der Waals surface area (Å²) in [4.78, 5) is 5.07. The molecule has 0 saturated carbocycles. The molecule has 1 N–H and O–H groups in total. The third-order valence-electron chi connectivity index (χ3n) is 4.25. The molecule has 1 saturated heterocycles. The summed E-state index contributed by atoms with van der Waals surface area (Å²) in [6.45, 7) is 9.55. The fourth-order valence-electron chi connectivity index (χ4n) is 2.85. The first kappa shape index (κ1) is 15.9. The fourth-order valence-corrected chi connectivity index (χ4v) is 2.85. The van der Waals surface area contributed by atoms with E-state index in [4.69, 9.17) is 0 Å². The highest BCUT2D eigenvalue weighted by Crippen LogP contribution is 2.18. The number of rotatable bonds is 8. The lowest BCUT2D eigenvalue weighted by atomic mass is 10.0. The van der Waals surface area contributed by atoms with Gasteiger partial charge in [-0.2, -0.15) is 0 Å². The van der Waals surface area contributed by atoms with Gasteiger partial charge in [-0.05, 0) is 79.3 Å². The van der Waals surface area contributed by atoms with Crippen LogP contribution in [0, 0.1) is 0 Å². The quantitative estimate of drug-likeness (QED) is 0.671. The zero-order valence-corrected chi connectivity index (χ0v) is 12.9. The summed E-state index contributed by atoms with van der Waals surface area (Å²) in [6.07, 6.45) is 6.57. The molecule has 18 heavy (non-hydrogen) atoms. The van der Waals surface area contributed by atoms with Gasteiger partial charge < -0.3 is 15.1 Å². The van der Waals surface area contributed by atoms with Gasteiger partial charge in [0.25, 0.3) is 0 Å². The van der Waals surface area contributed by atoms with Crippen LogP contribution in [0.25, 0.3) is 0 Å². The minimum Gasteiger partial charge on any atom is -0.317 e. The molecule has 3 heteroatoms. The van der Waals surface area contributed by atoms with Crippen molar-refractivity contribution >= 4 is 0 Å². The number of nitrogens with zero attached hydrogens (tertiary/aromatic N) is 2. The molecule has 1 unspecified atom stereocenters. The molecule has 3 nitrogen and oxygen atoms in total. The van der Waals surface area contributed by atoms with Gasteiger partial charge in [-0.25, -0.2) is 0 Å². The molecule has 108 valence electrons. The maximum absolute atomic E-state index is 3.49. The largest absolute Gasteiger partial charge is 0.317 e. The summed E-state index contributed by atoms with van der Waals surface area (Å²) < 4.78 is 0. The first-order valence-corrected chi connectivity index (χ1v) is 7.76. The van der Waals surface area contributed by atoms with E-state index in [0.29, 0.717) is 0 Å². The van der Waals surface area contributed by atoms with Crippen LogP contribution < -0.4 is 5.32 Å². The standard InChI is InChI=1S/C15H33N3/c1-5-10-16-11-6-7-14(2)18-12-8-15(9-13-18)17(3)4/h14-16H,5-13H2,1-4H3. The van der Waals surface area contributed by atoms with Crippen molar-refractivity contribution < 1.29 is 0 Å². The van der Waals surface area contributed by atoms with Gasteiger partial charge in [0.05, 0.1) is 0 Å². The van der Waals surface area contributed by atoms with Gasteiger partial charge in [0.15, 0.2) is 0 Å². The molecule has 0 radical (unpaired) electrons. The Morgan fingerprint density at radius 3 is 2.44 bits per heavy atom. The zero-order valence-electron chi connectivity index (χ0n) is 12.9. The van der Waals surface area contributed by atoms with Gasteiger partial charge in [0, 0.05) is 12.1 Å². The highest BCUT2D eigenvalue weighted by Gasteiger charge is 2.23. The molecule has 0 spiro atoms. The molecule has 1 rings (SSSR count). The van der Waals surface area contributed by atoms with Gasteiger partial charge >= 0.3 is 0 Å². The second kappa shape index (κ2) is 8.89. The smallest absolute Gasteiger partial charge is 0.0113 e. The highest BCUT2D eigenvalue weighted by atomic mass is 15.2. The summed E-state index contributed by atoms with van der Waals surface area (Å²) in [7, 11) is 4.42. The number of hydrogen-bond acceptors (Lipinski definition) is 3. The van der Waals surface area contributed by atoms with Crippen molar-refractivity contribution in [1.82, 2.24) is 15.1 Å². The molecule has 0 aromatic heterocycles. The van der Waals surface area contributed by atoms with Crippen molar-refractivity contribution in [3.8, 4) is 0 Å². The van der Waals surface area contributed by atoms with E-state index in [1.54, 1.807) is 0 Å². The second-order valence-corrected chi connectivity index (χ2v) is 5.97. The van der Waals surface area contributed by atoms with Gasteiger partial charge in [0.2, 0.25) is 0 Å². The molecule has 0 bridgehead atoms. The molecular weight excluding hydrogens is 222 g/mol. The van der Waals surface area contributed by atoms with Crippen molar-refractivity contribution in [3.63, 3.8) is 0 Å². The Morgan fingerprint density at radius 2 is 1.89 bits per heavy atom. The first-order chi connectivity index (χ1) is 8.65. The number of likely N-dealkylation sites (tertiary alicyclic amines) is 1. The summed E-state index contributed by atoms with van der Waals surface area (Å²) in [6, 6.07) is 1.57. The van der Waals surface area contributed by atoms with Crippen molar-refractivity contribution in [1.29, 1.82) is 0 Å². The van der Waals surface area contributed by atoms with E-state index in [0.717, 1.165) is 12.1 Å². The Kier molecular flexibility index (Phi) is 7.87. The van der Waals surface area contributed by atoms with Gasteiger partial charge in [-0.15, -0.1) is 0 Å². The van der Waals surface area contributed by atoms with Crippen LogP contribution in [0.1, 0.15) is 46.0 Å². The van der Waals surface area contributed by atoms with E-state index < -0.39 is 0 Å². The topological polar surface area (TPSA) is 18.5 Å². The lowest BCUT2D eigenvalue weighted by molar-refractivity contribution is 0.110. The van der Waals surface area contributed by atoms with E-state index in [1.807, 2.05) is 0 Å². The monoisotopic (exact) mass is 255 g/mol. The Morgan fingerprint density at radius 1 is 1.22 bits per heavy atom. The highest BCUT2D eigenvalue weighted by molar-refractivity contribution is 4.79. The Labute approximate surface area is 114 Å². The van der Waals surface area contributed by atoms with Crippen LogP contribution >= 0.6 is 0 Å². The lowest BCUT2D eigenvalue weighted by Crippen LogP contribution is -2.45. The van der Waals surface area contributed by atoms with Crippen LogP contribution in [-0.2, 0) is 0 Å². The van der Waals surface area contributed by atoms with Crippen LogP contribution in [0.2, 0.25) is 0 Å². The van der Waals surface area contributed by atoms with E-state index >= 15 is 0 Å². The van der Waals surface area contributed by atoms with Gasteiger partial charge in [-0.3, -0.25) is 0 Å². The van der Waals surface area contributed by atoms with E-state index in [9.17, 15) is 0 Å². The molecule has 1 aliphatic rings. The van der Waals surface area contributed by atoms with Crippen LogP contribution in [0.3, 0.4) is 0 Å². The molecule has 0 amide bonds. The normalized spacial score (nSPS) is 20.5. The summed E-state index contributed by atoms with van der Waals surface area (Å²) >= 11 is 0. The van der Waals surface area contributed by atoms with Crippen LogP contribution in [0.5, 0.6) is 0 Å². The summed E-state index contributed by atoms with van der Waals surface area (Å²) in [5, 5.41) is 3.49. The average Bonchev–Trinajstić information content (AvgIpc) is 2.38. The van der Waals surface area contributed by atoms with Gasteiger partial charge in [0.1, 0.15) is 0 Å². The third kappa shape index (κ3) is 5.68. The van der Waals surface area contributed by atoms with Crippen LogP contribution in [0.4, 0.5) is 0 Å². The van der Waals surface area contributed by atoms with E-state index in [2.05, 4.69) is 43.1 Å². The predicted octanol–water partition coefficient (Wildman–Crippen LogP) is 2.18. The SMILES string of the molecule is CCCNCCCC(C)N1CCC(N(C)C)CC1. The zero-order chi connectivity index (χ0) is 13.4. The molecule has 1 heterocycles. The van der Waals surface area contributed by atoms with Crippen LogP contribution in [0.15, 0.2) is 0 Å². The van der Waals surface area contributed by atoms with Crippen molar-refractivity contribution in [2.45, 2.75) is 58.0 Å². The number of piperidine rings is 1. The minimum absolute atomic E-state index is 0.761. The Balaban J connectivity index is 2.10. The van der Waals surface area contributed by atoms with Crippen molar-refractivity contribution in [3.05, 3.63) is 0 Å². The molecule has 1 aliphatic heterocycles. The van der Waals surface area contributed by atoms with Crippen LogP contribution in [-0.4, -0.2) is 62.2 Å². The van der Waals surface area contributed by atoms with Crippen molar-refractivity contribution in [2.24, 2.45) is 0 Å². The minimum atomic E-state index is 0.761. The predicted molar refractivity (Wildman–Crippen MR) is 80.1 cm³/mol. The number of hydrogen-bond donors (Lipinski definition) is 1. The fraction of sp³-hybridized carbons (Fsp3) is 1.00. The van der Waals surface area contributed by atoms with E-state index in [1.165, 1.54) is 58.3 Å². The van der Waals surface area contributed by atoms with E-state index in [-0.39, 0.29) is 0 Å². The molecule has 0 aliphatic carbocycles. The third-order valence-corrected chi connectivity index (χ3v) is 4.25. The Bertz CT molecular complexity index is 198. The average molecular weight is 255 g/mol. The summed E-state index contributed by atoms with van der Waals surface area (Å²) in [5.74, 6) is 0. The molecule has 0 aromatic carbocycles.